The zero-order valence-electron chi connectivity index (χ0n) is 27.8. The summed E-state index contributed by atoms with van der Waals surface area (Å²) in [6, 6.07) is 0. The van der Waals surface area contributed by atoms with E-state index in [2.05, 4.69) is 111 Å². The van der Waals surface area contributed by atoms with E-state index in [1.165, 1.54) is 6.42 Å². The molecule has 9 aliphatic rings. The molecule has 21 unspecified atom stereocenters. The molecule has 0 spiro atoms. The van der Waals surface area contributed by atoms with Gasteiger partial charge in [0.1, 0.15) is 0 Å². The fourth-order valence-electron chi connectivity index (χ4n) is 24.4. The lowest BCUT2D eigenvalue weighted by molar-refractivity contribution is -0.711. The first-order chi connectivity index (χ1) is 17.0. The van der Waals surface area contributed by atoms with Crippen LogP contribution in [-0.4, -0.2) is 0 Å². The van der Waals surface area contributed by atoms with Crippen LogP contribution >= 0.6 is 0 Å². The van der Waals surface area contributed by atoms with Gasteiger partial charge >= 0.3 is 0 Å². The van der Waals surface area contributed by atoms with Crippen LogP contribution in [-0.2, 0) is 0 Å². The molecule has 0 aromatic heterocycles. The van der Waals surface area contributed by atoms with Crippen LogP contribution in [0.15, 0.2) is 0 Å². The first-order valence-electron chi connectivity index (χ1n) is 17.0. The van der Waals surface area contributed by atoms with Crippen LogP contribution in [0.2, 0.25) is 0 Å². The maximum Gasteiger partial charge on any atom is -0.0131 e. The molecule has 0 aliphatic heterocycles. The van der Waals surface area contributed by atoms with Crippen LogP contribution in [0.5, 0.6) is 0 Å². The fraction of sp³-hybridized carbons (Fsp3) is 1.00. The monoisotopic (exact) mass is 514 g/mol. The Labute approximate surface area is 234 Å². The molecule has 0 aromatic carbocycles. The summed E-state index contributed by atoms with van der Waals surface area (Å²) in [5, 5.41) is 0. The van der Waals surface area contributed by atoms with Crippen LogP contribution < -0.4 is 0 Å². The van der Waals surface area contributed by atoms with Crippen molar-refractivity contribution in [3.63, 3.8) is 0 Å². The second kappa shape index (κ2) is 4.52. The molecule has 0 N–H and O–H groups in total. The van der Waals surface area contributed by atoms with Gasteiger partial charge < -0.3 is 0 Å². The molecule has 0 radical (unpaired) electrons. The van der Waals surface area contributed by atoms with Crippen LogP contribution in [0.4, 0.5) is 0 Å². The number of rotatable bonds is 0. The van der Waals surface area contributed by atoms with Crippen molar-refractivity contribution in [2.75, 3.05) is 0 Å². The van der Waals surface area contributed by atoms with Gasteiger partial charge in [-0.3, -0.25) is 0 Å². The van der Waals surface area contributed by atoms with Crippen molar-refractivity contribution in [3.05, 3.63) is 0 Å². The van der Waals surface area contributed by atoms with Crippen LogP contribution in [0.1, 0.15) is 117 Å². The van der Waals surface area contributed by atoms with E-state index in [0.29, 0.717) is 70.4 Å². The third kappa shape index (κ3) is 0.991. The van der Waals surface area contributed by atoms with Gasteiger partial charge in [-0.2, -0.15) is 0 Å². The average molecular weight is 515 g/mol. The van der Waals surface area contributed by atoms with Crippen LogP contribution in [0.25, 0.3) is 0 Å². The minimum absolute atomic E-state index is 0.379. The Hall–Kier alpha value is 0. The average Bonchev–Trinajstić information content (AvgIpc) is 3.02. The molecule has 4 bridgehead atoms. The molecule has 9 aliphatic carbocycles. The summed E-state index contributed by atoms with van der Waals surface area (Å²) in [5.41, 5.74) is 5.41. The molecule has 0 heterocycles. The first-order valence-corrected chi connectivity index (χ1v) is 17.0. The molecule has 21 atom stereocenters. The summed E-state index contributed by atoms with van der Waals surface area (Å²) < 4.78 is 0. The van der Waals surface area contributed by atoms with Gasteiger partial charge in [0, 0.05) is 0 Å². The Bertz CT molecular complexity index is 1360. The summed E-state index contributed by atoms with van der Waals surface area (Å²) in [4.78, 5) is 0. The van der Waals surface area contributed by atoms with Crippen molar-refractivity contribution in [1.82, 2.24) is 0 Å². The van der Waals surface area contributed by atoms with E-state index in [4.69, 9.17) is 0 Å². The minimum Gasteiger partial charge on any atom is -0.0616 e. The normalized spacial score (nSPS) is 90.3. The van der Waals surface area contributed by atoms with Gasteiger partial charge in [0.05, 0.1) is 0 Å². The topological polar surface area (TPSA) is 0 Å². The quantitative estimate of drug-likeness (QED) is 0.282. The zero-order valence-corrected chi connectivity index (χ0v) is 27.8. The van der Waals surface area contributed by atoms with Gasteiger partial charge in [-0.05, 0) is 124 Å². The highest BCUT2D eigenvalue weighted by Gasteiger charge is 3.17. The van der Waals surface area contributed by atoms with Gasteiger partial charge in [0.25, 0.3) is 0 Å². The van der Waals surface area contributed by atoms with Crippen LogP contribution in [0.3, 0.4) is 0 Å². The molecule has 9 saturated carbocycles. The van der Waals surface area contributed by atoms with E-state index < -0.39 is 0 Å². The predicted molar refractivity (Wildman–Crippen MR) is 155 cm³/mol. The van der Waals surface area contributed by atoms with Crippen LogP contribution in [0, 0.1) is 118 Å². The predicted octanol–water partition coefficient (Wildman–Crippen LogP) is 9.58. The third-order valence-electron chi connectivity index (χ3n) is 25.1. The summed E-state index contributed by atoms with van der Waals surface area (Å²) in [5.74, 6) is 7.20. The molecular formula is C38H58. The lowest BCUT2D eigenvalue weighted by atomic mass is 8.86. The van der Waals surface area contributed by atoms with Gasteiger partial charge in [-0.15, -0.1) is 0 Å². The molecule has 9 rings (SSSR count). The maximum absolute atomic E-state index is 2.94. The summed E-state index contributed by atoms with van der Waals surface area (Å²) >= 11 is 0. The van der Waals surface area contributed by atoms with Gasteiger partial charge in [-0.25, -0.2) is 0 Å². The summed E-state index contributed by atoms with van der Waals surface area (Å²) in [7, 11) is 0. The smallest absolute Gasteiger partial charge is 0.0131 e. The van der Waals surface area contributed by atoms with Gasteiger partial charge in [0.2, 0.25) is 0 Å². The molecule has 0 saturated heterocycles. The molecule has 0 amide bonds. The Morgan fingerprint density at radius 1 is 0.395 bits per heavy atom. The van der Waals surface area contributed by atoms with E-state index in [1.54, 1.807) is 0 Å². The van der Waals surface area contributed by atoms with Gasteiger partial charge in [-0.1, -0.05) is 111 Å². The maximum atomic E-state index is 2.94. The van der Waals surface area contributed by atoms with Crippen molar-refractivity contribution in [2.24, 2.45) is 118 Å². The number of fused-ring (bicyclic) bond motifs is 15. The standard InChI is InChI=1S/C38H58/c1-18-22-21-23-19(2)30(8)29(18,7)34(12)33(30,11)37(15)35(13)31(9)20(3)24-25(21)26(22,4)17-27(5,28(23,24)6)32(31,10)36(35,14)38(34,37)16/h18-25H,17H2,1-16H3. The highest BCUT2D eigenvalue weighted by molar-refractivity contribution is 5.63. The van der Waals surface area contributed by atoms with E-state index in [9.17, 15) is 0 Å². The molecule has 0 aromatic rings. The minimum atomic E-state index is 0.379. The highest BCUT2D eigenvalue weighted by Crippen LogP contribution is 3.20. The lowest BCUT2D eigenvalue weighted by Gasteiger charge is -3.17. The molecule has 0 nitrogen and oxygen atoms in total. The van der Waals surface area contributed by atoms with Crippen molar-refractivity contribution in [1.29, 1.82) is 0 Å². The van der Waals surface area contributed by atoms with E-state index in [-0.39, 0.29) is 0 Å². The summed E-state index contributed by atoms with van der Waals surface area (Å²) in [6.07, 6.45) is 1.52. The molecule has 9 fully saturated rings. The Morgan fingerprint density at radius 3 is 1.32 bits per heavy atom. The van der Waals surface area contributed by atoms with E-state index >= 15 is 0 Å². The van der Waals surface area contributed by atoms with E-state index in [0.717, 1.165) is 47.3 Å². The van der Waals surface area contributed by atoms with Crippen molar-refractivity contribution >= 4 is 0 Å². The van der Waals surface area contributed by atoms with Gasteiger partial charge in [0.15, 0.2) is 0 Å². The lowest BCUT2D eigenvalue weighted by Crippen LogP contribution is -3.14. The Morgan fingerprint density at radius 2 is 0.789 bits per heavy atom. The fourth-order valence-corrected chi connectivity index (χ4v) is 24.4. The second-order valence-corrected chi connectivity index (χ2v) is 20.8. The second-order valence-electron chi connectivity index (χ2n) is 20.8. The summed E-state index contributed by atoms with van der Waals surface area (Å²) in [6.45, 7) is 46.3. The van der Waals surface area contributed by atoms with Crippen molar-refractivity contribution < 1.29 is 0 Å². The van der Waals surface area contributed by atoms with Crippen molar-refractivity contribution in [2.45, 2.75) is 117 Å². The molecule has 0 heteroatoms. The zero-order chi connectivity index (χ0) is 27.8. The molecule has 210 valence electrons. The largest absolute Gasteiger partial charge is 0.0616 e. The first kappa shape index (κ1) is 23.6. The molecular weight excluding hydrogens is 456 g/mol. The number of hydrogen-bond donors (Lipinski definition) is 0. The molecule has 38 heavy (non-hydrogen) atoms. The number of hydrogen-bond acceptors (Lipinski definition) is 0. The Kier molecular flexibility index (Phi) is 2.80. The Balaban J connectivity index is 1.49. The van der Waals surface area contributed by atoms with Crippen molar-refractivity contribution in [3.8, 4) is 0 Å². The highest BCUT2D eigenvalue weighted by atomic mass is 15.2. The third-order valence-corrected chi connectivity index (χ3v) is 25.1. The van der Waals surface area contributed by atoms with E-state index in [1.807, 2.05) is 0 Å². The SMILES string of the molecule is CC1C2C3C4C5C(C)C6(C)C7(C)C(C)(CC4(C)C3C(C)C3(C)C1(C)C1(C)C3(C)C3(C)C7(C)C6(C)C13C)C25C.